The van der Waals surface area contributed by atoms with E-state index in [-0.39, 0.29) is 18.2 Å². The Morgan fingerprint density at radius 2 is 1.82 bits per heavy atom. The third kappa shape index (κ3) is 4.94. The molecule has 0 aliphatic rings. The minimum absolute atomic E-state index is 0.0897. The van der Waals surface area contributed by atoms with Gasteiger partial charge in [-0.2, -0.15) is 0 Å². The molecule has 1 aromatic heterocycles. The Morgan fingerprint density at radius 3 is 2.54 bits per heavy atom. The Kier molecular flexibility index (Phi) is 6.37. The minimum Gasteiger partial charge on any atom is -0.491 e. The average molecular weight is 378 g/mol. The van der Waals surface area contributed by atoms with E-state index in [9.17, 15) is 9.90 Å². The van der Waals surface area contributed by atoms with Crippen LogP contribution in [-0.4, -0.2) is 40.4 Å². The molecule has 0 aliphatic heterocycles. The average Bonchev–Trinajstić information content (AvgIpc) is 2.74. The molecule has 0 fully saturated rings. The van der Waals surface area contributed by atoms with Crippen molar-refractivity contribution in [3.8, 4) is 17.0 Å². The van der Waals surface area contributed by atoms with Crippen LogP contribution in [0.3, 0.4) is 0 Å². The van der Waals surface area contributed by atoms with Crippen molar-refractivity contribution < 1.29 is 19.7 Å². The Bertz CT molecular complexity index is 944. The molecule has 0 saturated carbocycles. The number of amides is 1. The maximum atomic E-state index is 12.8. The number of aliphatic hydroxyl groups is 2. The van der Waals surface area contributed by atoms with E-state index in [1.807, 2.05) is 61.5 Å². The molecule has 1 heterocycles. The molecule has 6 heteroatoms. The fraction of sp³-hybridized carbons (Fsp3) is 0.182. The Morgan fingerprint density at radius 1 is 1.11 bits per heavy atom. The van der Waals surface area contributed by atoms with E-state index in [0.29, 0.717) is 17.1 Å². The molecule has 144 valence electrons. The molecule has 1 amide bonds. The predicted octanol–water partition coefficient (Wildman–Crippen LogP) is 3.04. The molecule has 0 spiro atoms. The van der Waals surface area contributed by atoms with Crippen molar-refractivity contribution in [2.45, 2.75) is 13.0 Å². The second-order valence-electron chi connectivity index (χ2n) is 6.36. The van der Waals surface area contributed by atoms with Gasteiger partial charge in [0.25, 0.3) is 5.91 Å². The normalized spacial score (nSPS) is 11.7. The SMILES string of the molecule is Cc1ccccc1NC(=O)c1cc(OCC(O)CO)cc(-c2ccccc2)n1. The van der Waals surface area contributed by atoms with Crippen molar-refractivity contribution in [3.63, 3.8) is 0 Å². The van der Waals surface area contributed by atoms with E-state index in [1.54, 1.807) is 6.07 Å². The van der Waals surface area contributed by atoms with Gasteiger partial charge in [0.1, 0.15) is 24.2 Å². The Balaban J connectivity index is 1.92. The summed E-state index contributed by atoms with van der Waals surface area (Å²) in [6.07, 6.45) is -1.00. The van der Waals surface area contributed by atoms with Crippen LogP contribution in [0.15, 0.2) is 66.7 Å². The lowest BCUT2D eigenvalue weighted by atomic mass is 10.1. The number of aromatic nitrogens is 1. The van der Waals surface area contributed by atoms with Crippen LogP contribution in [0.25, 0.3) is 11.3 Å². The molecular formula is C22H22N2O4. The number of nitrogens with zero attached hydrogens (tertiary/aromatic N) is 1. The number of aryl methyl sites for hydroxylation is 1. The molecule has 0 saturated heterocycles. The Hall–Kier alpha value is -3.22. The van der Waals surface area contributed by atoms with Gasteiger partial charge in [0.15, 0.2) is 0 Å². The summed E-state index contributed by atoms with van der Waals surface area (Å²) in [6.45, 7) is 1.42. The molecule has 2 aromatic carbocycles. The number of aliphatic hydroxyl groups excluding tert-OH is 2. The summed E-state index contributed by atoms with van der Waals surface area (Å²) in [4.78, 5) is 17.3. The third-order valence-corrected chi connectivity index (χ3v) is 4.15. The van der Waals surface area contributed by atoms with Crippen LogP contribution >= 0.6 is 0 Å². The van der Waals surface area contributed by atoms with Gasteiger partial charge in [-0.15, -0.1) is 0 Å². The fourth-order valence-corrected chi connectivity index (χ4v) is 2.61. The van der Waals surface area contributed by atoms with Gasteiger partial charge in [-0.25, -0.2) is 4.98 Å². The van der Waals surface area contributed by atoms with E-state index in [1.165, 1.54) is 6.07 Å². The van der Waals surface area contributed by atoms with Crippen molar-refractivity contribution in [2.75, 3.05) is 18.5 Å². The summed E-state index contributed by atoms with van der Waals surface area (Å²) < 4.78 is 5.56. The highest BCUT2D eigenvalue weighted by molar-refractivity contribution is 6.03. The van der Waals surface area contributed by atoms with Gasteiger partial charge in [-0.05, 0) is 18.6 Å². The topological polar surface area (TPSA) is 91.7 Å². The monoisotopic (exact) mass is 378 g/mol. The van der Waals surface area contributed by atoms with Gasteiger partial charge in [-0.3, -0.25) is 4.79 Å². The maximum absolute atomic E-state index is 12.8. The highest BCUT2D eigenvalue weighted by atomic mass is 16.5. The number of anilines is 1. The largest absolute Gasteiger partial charge is 0.491 e. The first-order valence-electron chi connectivity index (χ1n) is 8.93. The van der Waals surface area contributed by atoms with Gasteiger partial charge in [0, 0.05) is 23.4 Å². The van der Waals surface area contributed by atoms with Gasteiger partial charge in [-0.1, -0.05) is 48.5 Å². The van der Waals surface area contributed by atoms with Crippen LogP contribution < -0.4 is 10.1 Å². The van der Waals surface area contributed by atoms with Crippen LogP contribution in [0.1, 0.15) is 16.1 Å². The zero-order chi connectivity index (χ0) is 19.9. The van der Waals surface area contributed by atoms with Crippen molar-refractivity contribution in [1.82, 2.24) is 4.98 Å². The number of pyridine rings is 1. The van der Waals surface area contributed by atoms with Gasteiger partial charge >= 0.3 is 0 Å². The lowest BCUT2D eigenvalue weighted by Crippen LogP contribution is -2.21. The molecule has 1 unspecified atom stereocenters. The molecule has 3 aromatic rings. The zero-order valence-electron chi connectivity index (χ0n) is 15.5. The summed E-state index contributed by atoms with van der Waals surface area (Å²) >= 11 is 0. The number of rotatable bonds is 7. The predicted molar refractivity (Wildman–Crippen MR) is 107 cm³/mol. The second kappa shape index (κ2) is 9.12. The smallest absolute Gasteiger partial charge is 0.274 e. The van der Waals surface area contributed by atoms with Crippen LogP contribution in [-0.2, 0) is 0 Å². The zero-order valence-corrected chi connectivity index (χ0v) is 15.5. The highest BCUT2D eigenvalue weighted by Crippen LogP contribution is 2.24. The second-order valence-corrected chi connectivity index (χ2v) is 6.36. The van der Waals surface area contributed by atoms with E-state index in [4.69, 9.17) is 9.84 Å². The summed E-state index contributed by atoms with van der Waals surface area (Å²) in [7, 11) is 0. The van der Waals surface area contributed by atoms with E-state index >= 15 is 0 Å². The number of carbonyl (C=O) groups is 1. The first-order chi connectivity index (χ1) is 13.6. The summed E-state index contributed by atoms with van der Waals surface area (Å²) in [5, 5.41) is 21.4. The van der Waals surface area contributed by atoms with Crippen LogP contribution in [0.4, 0.5) is 5.69 Å². The summed E-state index contributed by atoms with van der Waals surface area (Å²) in [5.74, 6) is 0.0240. The van der Waals surface area contributed by atoms with Gasteiger partial charge in [0.2, 0.25) is 0 Å². The summed E-state index contributed by atoms with van der Waals surface area (Å²) in [6, 6.07) is 20.1. The molecule has 0 aliphatic carbocycles. The molecule has 28 heavy (non-hydrogen) atoms. The fourth-order valence-electron chi connectivity index (χ4n) is 2.61. The first kappa shape index (κ1) is 19.5. The number of hydrogen-bond acceptors (Lipinski definition) is 5. The summed E-state index contributed by atoms with van der Waals surface area (Å²) in [5.41, 5.74) is 3.25. The number of hydrogen-bond donors (Lipinski definition) is 3. The number of benzene rings is 2. The van der Waals surface area contributed by atoms with E-state index < -0.39 is 12.7 Å². The molecule has 1 atom stereocenters. The van der Waals surface area contributed by atoms with Crippen molar-refractivity contribution in [3.05, 3.63) is 78.0 Å². The highest BCUT2D eigenvalue weighted by Gasteiger charge is 2.14. The van der Waals surface area contributed by atoms with Gasteiger partial charge in [0.05, 0.1) is 12.3 Å². The van der Waals surface area contributed by atoms with Crippen LogP contribution in [0.2, 0.25) is 0 Å². The lowest BCUT2D eigenvalue weighted by Gasteiger charge is -2.13. The molecule has 3 rings (SSSR count). The standard InChI is InChI=1S/C22H22N2O4/c1-15-7-5-6-10-19(15)24-22(27)21-12-18(28-14-17(26)13-25)11-20(23-21)16-8-3-2-4-9-16/h2-12,17,25-26H,13-14H2,1H3,(H,24,27). The Labute approximate surface area is 163 Å². The van der Waals surface area contributed by atoms with Crippen molar-refractivity contribution in [1.29, 1.82) is 0 Å². The van der Waals surface area contributed by atoms with E-state index in [2.05, 4.69) is 10.3 Å². The molecular weight excluding hydrogens is 356 g/mol. The molecule has 3 N–H and O–H groups in total. The lowest BCUT2D eigenvalue weighted by molar-refractivity contribution is 0.0535. The van der Waals surface area contributed by atoms with Crippen molar-refractivity contribution in [2.24, 2.45) is 0 Å². The number of carbonyl (C=O) groups excluding carboxylic acids is 1. The quantitative estimate of drug-likeness (QED) is 0.588. The first-order valence-corrected chi connectivity index (χ1v) is 8.93. The number of para-hydroxylation sites is 1. The molecule has 0 radical (unpaired) electrons. The van der Waals surface area contributed by atoms with Gasteiger partial charge < -0.3 is 20.3 Å². The molecule has 6 nitrogen and oxygen atoms in total. The number of nitrogens with one attached hydrogen (secondary N) is 1. The minimum atomic E-state index is -1.00. The van der Waals surface area contributed by atoms with Crippen LogP contribution in [0, 0.1) is 6.92 Å². The van der Waals surface area contributed by atoms with Crippen LogP contribution in [0.5, 0.6) is 5.75 Å². The molecule has 0 bridgehead atoms. The maximum Gasteiger partial charge on any atom is 0.274 e. The number of ether oxygens (including phenoxy) is 1. The third-order valence-electron chi connectivity index (χ3n) is 4.15. The van der Waals surface area contributed by atoms with E-state index in [0.717, 1.165) is 11.1 Å². The van der Waals surface area contributed by atoms with Crippen molar-refractivity contribution >= 4 is 11.6 Å².